The summed E-state index contributed by atoms with van der Waals surface area (Å²) in [5.74, 6) is 0.100. The van der Waals surface area contributed by atoms with E-state index in [-0.39, 0.29) is 18.2 Å². The van der Waals surface area contributed by atoms with Gasteiger partial charge in [-0.05, 0) is 12.8 Å². The molecular formula is C8H13Cl3N2O. The van der Waals surface area contributed by atoms with Gasteiger partial charge in [-0.2, -0.15) is 0 Å². The highest BCUT2D eigenvalue weighted by Crippen LogP contribution is 2.31. The van der Waals surface area contributed by atoms with Crippen molar-refractivity contribution in [2.45, 2.75) is 35.5 Å². The molecule has 6 heteroatoms. The molecule has 0 aromatic rings. The molecule has 1 aliphatic rings. The Hall–Kier alpha value is 0.460. The van der Waals surface area contributed by atoms with E-state index < -0.39 is 3.79 Å². The van der Waals surface area contributed by atoms with Gasteiger partial charge in [0.25, 0.3) is 0 Å². The molecule has 2 N–H and O–H groups in total. The molecule has 0 aromatic carbocycles. The lowest BCUT2D eigenvalue weighted by Crippen LogP contribution is -2.49. The normalized spacial score (nSPS) is 23.5. The minimum Gasteiger partial charge on any atom is -0.298 e. The van der Waals surface area contributed by atoms with E-state index in [1.165, 1.54) is 0 Å². The minimum absolute atomic E-state index is 0.100. The summed E-state index contributed by atoms with van der Waals surface area (Å²) in [7, 11) is 0. The van der Waals surface area contributed by atoms with Crippen molar-refractivity contribution in [2.75, 3.05) is 6.54 Å². The molecule has 0 spiro atoms. The molecule has 1 aliphatic heterocycles. The topological polar surface area (TPSA) is 41.1 Å². The quantitative estimate of drug-likeness (QED) is 0.762. The Labute approximate surface area is 98.4 Å². The zero-order valence-electron chi connectivity index (χ0n) is 7.66. The molecule has 0 bridgehead atoms. The van der Waals surface area contributed by atoms with Crippen LogP contribution in [0.5, 0.6) is 0 Å². The van der Waals surface area contributed by atoms with Crippen LogP contribution >= 0.6 is 34.8 Å². The van der Waals surface area contributed by atoms with Crippen LogP contribution in [0.1, 0.15) is 25.7 Å². The number of Topliss-reactive ketones (excluding diaryl/α,β-unsaturated/α-hetero) is 1. The fourth-order valence-corrected chi connectivity index (χ4v) is 1.63. The smallest absolute Gasteiger partial charge is 0.191 e. The van der Waals surface area contributed by atoms with E-state index in [1.54, 1.807) is 0 Å². The molecule has 14 heavy (non-hydrogen) atoms. The van der Waals surface area contributed by atoms with E-state index >= 15 is 0 Å². The van der Waals surface area contributed by atoms with Gasteiger partial charge in [-0.15, -0.1) is 0 Å². The van der Waals surface area contributed by atoms with Crippen LogP contribution in [0.4, 0.5) is 0 Å². The van der Waals surface area contributed by atoms with Gasteiger partial charge in [0, 0.05) is 19.4 Å². The van der Waals surface area contributed by atoms with Gasteiger partial charge in [-0.3, -0.25) is 10.2 Å². The standard InChI is InChI=1S/C8H13Cl3N2O/c9-8(10,11)4-3-7(14)6-2-1-5-12-13-6/h6,12-13H,1-5H2/t6-/m0/s1. The molecule has 1 atom stereocenters. The predicted octanol–water partition coefficient (Wildman–Crippen LogP) is 1.96. The van der Waals surface area contributed by atoms with Gasteiger partial charge in [0.05, 0.1) is 6.04 Å². The van der Waals surface area contributed by atoms with E-state index in [2.05, 4.69) is 10.9 Å². The van der Waals surface area contributed by atoms with E-state index in [0.29, 0.717) is 6.42 Å². The Morgan fingerprint density at radius 3 is 2.64 bits per heavy atom. The highest BCUT2D eigenvalue weighted by molar-refractivity contribution is 6.67. The Bertz CT molecular complexity index is 199. The van der Waals surface area contributed by atoms with Crippen molar-refractivity contribution in [3.63, 3.8) is 0 Å². The first-order valence-electron chi connectivity index (χ1n) is 4.57. The van der Waals surface area contributed by atoms with Crippen molar-refractivity contribution in [2.24, 2.45) is 0 Å². The average Bonchev–Trinajstić information content (AvgIpc) is 2.14. The maximum atomic E-state index is 11.6. The van der Waals surface area contributed by atoms with Crippen molar-refractivity contribution in [1.29, 1.82) is 0 Å². The molecule has 1 saturated heterocycles. The van der Waals surface area contributed by atoms with Crippen molar-refractivity contribution < 1.29 is 4.79 Å². The number of nitrogens with one attached hydrogen (secondary N) is 2. The van der Waals surface area contributed by atoms with Gasteiger partial charge in [-0.1, -0.05) is 34.8 Å². The molecule has 82 valence electrons. The lowest BCUT2D eigenvalue weighted by Gasteiger charge is -2.23. The number of halogens is 3. The summed E-state index contributed by atoms with van der Waals surface area (Å²) in [5, 5.41) is 0. The number of hydrogen-bond acceptors (Lipinski definition) is 3. The van der Waals surface area contributed by atoms with Crippen molar-refractivity contribution in [1.82, 2.24) is 10.9 Å². The zero-order chi connectivity index (χ0) is 10.6. The largest absolute Gasteiger partial charge is 0.298 e. The Kier molecular flexibility index (Phi) is 4.94. The number of hydrazine groups is 1. The third-order valence-electron chi connectivity index (χ3n) is 2.11. The van der Waals surface area contributed by atoms with Gasteiger partial charge < -0.3 is 0 Å². The number of carbonyl (C=O) groups excluding carboxylic acids is 1. The van der Waals surface area contributed by atoms with Gasteiger partial charge in [0.15, 0.2) is 9.58 Å². The third-order valence-corrected chi connectivity index (χ3v) is 2.68. The molecule has 0 unspecified atom stereocenters. The molecule has 0 aliphatic carbocycles. The summed E-state index contributed by atoms with van der Waals surface area (Å²) in [6.07, 6.45) is 2.42. The third kappa shape index (κ3) is 4.80. The predicted molar refractivity (Wildman–Crippen MR) is 58.7 cm³/mol. The monoisotopic (exact) mass is 258 g/mol. The second-order valence-electron chi connectivity index (χ2n) is 3.35. The molecule has 0 radical (unpaired) electrons. The Balaban J connectivity index is 2.27. The minimum atomic E-state index is -1.32. The fraction of sp³-hybridized carbons (Fsp3) is 0.875. The molecule has 0 saturated carbocycles. The molecule has 0 aromatic heterocycles. The maximum absolute atomic E-state index is 11.6. The van der Waals surface area contributed by atoms with Crippen LogP contribution in [0.2, 0.25) is 0 Å². The number of carbonyl (C=O) groups is 1. The van der Waals surface area contributed by atoms with E-state index in [1.807, 2.05) is 0 Å². The molecule has 1 heterocycles. The van der Waals surface area contributed by atoms with Crippen LogP contribution in [0.25, 0.3) is 0 Å². The molecule has 1 rings (SSSR count). The van der Waals surface area contributed by atoms with Crippen LogP contribution < -0.4 is 10.9 Å². The molecule has 3 nitrogen and oxygen atoms in total. The summed E-state index contributed by atoms with van der Waals surface area (Å²) in [6, 6.07) is -0.129. The number of alkyl halides is 3. The Morgan fingerprint density at radius 2 is 2.14 bits per heavy atom. The van der Waals surface area contributed by atoms with Crippen LogP contribution in [0.3, 0.4) is 0 Å². The summed E-state index contributed by atoms with van der Waals surface area (Å²) < 4.78 is -1.32. The average molecular weight is 260 g/mol. The van der Waals surface area contributed by atoms with Crippen LogP contribution in [-0.4, -0.2) is 22.2 Å². The summed E-state index contributed by atoms with van der Waals surface area (Å²) in [4.78, 5) is 11.6. The maximum Gasteiger partial charge on any atom is 0.191 e. The zero-order valence-corrected chi connectivity index (χ0v) is 9.92. The van der Waals surface area contributed by atoms with Crippen LogP contribution in [0.15, 0.2) is 0 Å². The summed E-state index contributed by atoms with van der Waals surface area (Å²) in [5.41, 5.74) is 5.87. The van der Waals surface area contributed by atoms with Gasteiger partial charge in [0.1, 0.15) is 0 Å². The Morgan fingerprint density at radius 1 is 1.43 bits per heavy atom. The van der Waals surface area contributed by atoms with E-state index in [4.69, 9.17) is 34.8 Å². The first-order valence-corrected chi connectivity index (χ1v) is 5.70. The van der Waals surface area contributed by atoms with Crippen LogP contribution in [-0.2, 0) is 4.79 Å². The highest BCUT2D eigenvalue weighted by atomic mass is 35.6. The second-order valence-corrected chi connectivity index (χ2v) is 5.86. The van der Waals surface area contributed by atoms with Gasteiger partial charge in [-0.25, -0.2) is 5.43 Å². The van der Waals surface area contributed by atoms with Gasteiger partial charge in [0.2, 0.25) is 0 Å². The van der Waals surface area contributed by atoms with Crippen molar-refractivity contribution in [3.05, 3.63) is 0 Å². The van der Waals surface area contributed by atoms with E-state index in [0.717, 1.165) is 19.4 Å². The molecule has 0 amide bonds. The van der Waals surface area contributed by atoms with Gasteiger partial charge >= 0.3 is 0 Å². The summed E-state index contributed by atoms with van der Waals surface area (Å²) in [6.45, 7) is 0.897. The van der Waals surface area contributed by atoms with Crippen molar-refractivity contribution in [3.8, 4) is 0 Å². The highest BCUT2D eigenvalue weighted by Gasteiger charge is 2.25. The summed E-state index contributed by atoms with van der Waals surface area (Å²) >= 11 is 16.7. The van der Waals surface area contributed by atoms with Crippen molar-refractivity contribution >= 4 is 40.6 Å². The molecule has 1 fully saturated rings. The second kappa shape index (κ2) is 5.52. The molecular weight excluding hydrogens is 246 g/mol. The SMILES string of the molecule is O=C(CCC(Cl)(Cl)Cl)[C@@H]1CCCNN1. The fourth-order valence-electron chi connectivity index (χ4n) is 1.34. The number of ketones is 1. The lowest BCUT2D eigenvalue weighted by atomic mass is 10.0. The first kappa shape index (κ1) is 12.5. The first-order chi connectivity index (χ1) is 6.49. The lowest BCUT2D eigenvalue weighted by molar-refractivity contribution is -0.122. The van der Waals surface area contributed by atoms with Crippen LogP contribution in [0, 0.1) is 0 Å². The van der Waals surface area contributed by atoms with E-state index in [9.17, 15) is 4.79 Å². The number of hydrogen-bond donors (Lipinski definition) is 2. The number of rotatable bonds is 3.